The minimum Gasteiger partial charge on any atom is -0.251 e. The van der Waals surface area contributed by atoms with Gasteiger partial charge in [0.05, 0.1) is 6.20 Å². The topological polar surface area (TPSA) is 102 Å². The quantitative estimate of drug-likeness (QED) is 0.583. The molecular formula is C8H6F10N4O4S2. The van der Waals surface area contributed by atoms with Crippen molar-refractivity contribution in [2.45, 2.75) is 36.3 Å². The second-order valence-corrected chi connectivity index (χ2v) is 8.56. The minimum absolute atomic E-state index is 0.0476. The largest absolute Gasteiger partial charge is 0.471 e. The van der Waals surface area contributed by atoms with Crippen LogP contribution in [0.1, 0.15) is 6.92 Å². The molecule has 0 spiro atoms. The van der Waals surface area contributed by atoms with Crippen LogP contribution >= 0.6 is 0 Å². The van der Waals surface area contributed by atoms with Crippen LogP contribution in [0.3, 0.4) is 0 Å². The summed E-state index contributed by atoms with van der Waals surface area (Å²) in [6.45, 7) is 0.771. The van der Waals surface area contributed by atoms with E-state index in [0.29, 0.717) is 4.68 Å². The van der Waals surface area contributed by atoms with Crippen molar-refractivity contribution >= 4 is 25.9 Å². The highest BCUT2D eigenvalue weighted by molar-refractivity contribution is 8.11. The predicted molar refractivity (Wildman–Crippen MR) is 68.0 cm³/mol. The third kappa shape index (κ3) is 3.46. The molecule has 164 valence electrons. The van der Waals surface area contributed by atoms with Gasteiger partial charge in [0.25, 0.3) is 0 Å². The molecule has 0 fully saturated rings. The molecule has 0 amide bonds. The van der Waals surface area contributed by atoms with Crippen LogP contribution in [0.4, 0.5) is 49.7 Å². The van der Waals surface area contributed by atoms with Gasteiger partial charge in [-0.3, -0.25) is 4.68 Å². The Morgan fingerprint density at radius 1 is 0.857 bits per heavy atom. The van der Waals surface area contributed by atoms with E-state index in [-0.39, 0.29) is 12.7 Å². The van der Waals surface area contributed by atoms with E-state index in [9.17, 15) is 60.7 Å². The number of hydrogen-bond donors (Lipinski definition) is 0. The molecule has 1 aromatic heterocycles. The maximum Gasteiger partial charge on any atom is 0.471 e. The van der Waals surface area contributed by atoms with Crippen molar-refractivity contribution in [2.75, 3.05) is 3.71 Å². The first-order valence-corrected chi connectivity index (χ1v) is 9.13. The molecule has 0 radical (unpaired) electrons. The van der Waals surface area contributed by atoms with Crippen LogP contribution in [-0.2, 0) is 26.6 Å². The molecule has 8 nitrogen and oxygen atoms in total. The van der Waals surface area contributed by atoms with Gasteiger partial charge in [0.2, 0.25) is 0 Å². The number of sulfonamides is 2. The second kappa shape index (κ2) is 6.59. The van der Waals surface area contributed by atoms with Crippen LogP contribution in [0.5, 0.6) is 0 Å². The Labute approximate surface area is 148 Å². The first-order chi connectivity index (χ1) is 12.2. The van der Waals surface area contributed by atoms with Crippen LogP contribution in [0.25, 0.3) is 0 Å². The third-order valence-electron chi connectivity index (χ3n) is 2.78. The molecule has 0 atom stereocenters. The molecule has 0 saturated heterocycles. The van der Waals surface area contributed by atoms with E-state index >= 15 is 0 Å². The van der Waals surface area contributed by atoms with Crippen molar-refractivity contribution < 1.29 is 60.7 Å². The molecule has 20 heteroatoms. The molecule has 0 saturated carbocycles. The fourth-order valence-corrected chi connectivity index (χ4v) is 4.66. The highest BCUT2D eigenvalue weighted by atomic mass is 32.3. The predicted octanol–water partition coefficient (Wildman–Crippen LogP) is 2.07. The lowest BCUT2D eigenvalue weighted by molar-refractivity contribution is -0.242. The van der Waals surface area contributed by atoms with Crippen molar-refractivity contribution in [2.24, 2.45) is 0 Å². The first-order valence-electron chi connectivity index (χ1n) is 6.25. The molecule has 0 unspecified atom stereocenters. The van der Waals surface area contributed by atoms with E-state index < -0.39 is 52.4 Å². The fourth-order valence-electron chi connectivity index (χ4n) is 1.40. The van der Waals surface area contributed by atoms with Crippen molar-refractivity contribution in [3.63, 3.8) is 0 Å². The van der Waals surface area contributed by atoms with Crippen molar-refractivity contribution in [3.05, 3.63) is 6.20 Å². The maximum atomic E-state index is 13.3. The van der Waals surface area contributed by atoms with Gasteiger partial charge in [-0.15, -0.1) is 8.81 Å². The van der Waals surface area contributed by atoms with Gasteiger partial charge in [-0.25, -0.2) is 0 Å². The zero-order valence-corrected chi connectivity index (χ0v) is 14.4. The van der Waals surface area contributed by atoms with Gasteiger partial charge >= 0.3 is 42.9 Å². The highest BCUT2D eigenvalue weighted by Crippen LogP contribution is 2.48. The van der Waals surface area contributed by atoms with Crippen molar-refractivity contribution in [3.8, 4) is 0 Å². The van der Waals surface area contributed by atoms with Gasteiger partial charge in [0.1, 0.15) is 0 Å². The molecule has 0 aliphatic rings. The molecule has 0 bridgehead atoms. The van der Waals surface area contributed by atoms with Crippen LogP contribution in [0.2, 0.25) is 0 Å². The average molecular weight is 476 g/mol. The number of alkyl halides is 10. The van der Waals surface area contributed by atoms with Gasteiger partial charge in [-0.05, 0) is 6.92 Å². The van der Waals surface area contributed by atoms with Crippen molar-refractivity contribution in [1.29, 1.82) is 0 Å². The molecular weight excluding hydrogens is 470 g/mol. The van der Waals surface area contributed by atoms with Crippen LogP contribution in [-0.4, -0.2) is 54.7 Å². The van der Waals surface area contributed by atoms with E-state index in [1.807, 2.05) is 0 Å². The summed E-state index contributed by atoms with van der Waals surface area (Å²) < 4.78 is 172. The Morgan fingerprint density at radius 2 is 1.21 bits per heavy atom. The monoisotopic (exact) mass is 476 g/mol. The summed E-state index contributed by atoms with van der Waals surface area (Å²) in [5.74, 6) is -2.17. The lowest BCUT2D eigenvalue weighted by Gasteiger charge is -2.30. The van der Waals surface area contributed by atoms with E-state index in [1.54, 1.807) is 0 Å². The second-order valence-electron chi connectivity index (χ2n) is 4.67. The fraction of sp³-hybridized carbons (Fsp3) is 0.750. The molecule has 1 rings (SSSR count). The molecule has 28 heavy (non-hydrogen) atoms. The third-order valence-corrected chi connectivity index (χ3v) is 6.97. The lowest BCUT2D eigenvalue weighted by Crippen LogP contribution is -2.59. The van der Waals surface area contributed by atoms with Crippen molar-refractivity contribution in [1.82, 2.24) is 15.0 Å². The molecule has 0 N–H and O–H groups in total. The summed E-state index contributed by atoms with van der Waals surface area (Å²) in [5, 5.41) is -8.88. The number of nitrogens with zero attached hydrogens (tertiary/aromatic N) is 4. The SMILES string of the molecule is CCn1cc(N(S(=O)(=O)C(F)(F)C(F)(F)F)S(=O)(=O)C(F)(F)C(F)(F)F)nn1. The number of aromatic nitrogens is 3. The number of rotatable bonds is 6. The number of anilines is 1. The Hall–Kier alpha value is -1.86. The Balaban J connectivity index is 3.94. The standard InChI is InChI=1S/C8H6F10N4O4S2/c1-2-21-3-4(19-20-21)22(27(23,24)7(15,16)5(9,10)11)28(25,26)8(17,18)6(12,13)14/h3H,2H2,1H3. The van der Waals surface area contributed by atoms with E-state index in [4.69, 9.17) is 0 Å². The van der Waals surface area contributed by atoms with E-state index in [0.717, 1.165) is 6.92 Å². The number of aryl methyl sites for hydroxylation is 1. The molecule has 1 heterocycles. The van der Waals surface area contributed by atoms with Gasteiger partial charge in [0.15, 0.2) is 5.82 Å². The summed E-state index contributed by atoms with van der Waals surface area (Å²) in [6.07, 6.45) is -14.2. The molecule has 0 aromatic carbocycles. The zero-order chi connectivity index (χ0) is 22.6. The van der Waals surface area contributed by atoms with Gasteiger partial charge < -0.3 is 0 Å². The normalized spacial score (nSPS) is 15.0. The van der Waals surface area contributed by atoms with Crippen LogP contribution in [0.15, 0.2) is 6.20 Å². The Bertz CT molecular complexity index is 877. The molecule has 0 aliphatic heterocycles. The summed E-state index contributed by atoms with van der Waals surface area (Å²) in [6, 6.07) is 0. The Morgan fingerprint density at radius 3 is 1.46 bits per heavy atom. The highest BCUT2D eigenvalue weighted by Gasteiger charge is 2.76. The zero-order valence-electron chi connectivity index (χ0n) is 12.8. The smallest absolute Gasteiger partial charge is 0.251 e. The first kappa shape index (κ1) is 24.2. The summed E-state index contributed by atoms with van der Waals surface area (Å²) in [5.41, 5.74) is 0. The summed E-state index contributed by atoms with van der Waals surface area (Å²) >= 11 is 0. The van der Waals surface area contributed by atoms with Gasteiger partial charge in [-0.2, -0.15) is 60.7 Å². The van der Waals surface area contributed by atoms with Crippen LogP contribution in [0, 0.1) is 0 Å². The number of halogens is 10. The summed E-state index contributed by atoms with van der Waals surface area (Å²) in [4.78, 5) is 0. The maximum absolute atomic E-state index is 13.3. The molecule has 1 aromatic rings. The van der Waals surface area contributed by atoms with E-state index in [2.05, 4.69) is 10.3 Å². The molecule has 0 aliphatic carbocycles. The van der Waals surface area contributed by atoms with Gasteiger partial charge in [-0.1, -0.05) is 5.21 Å². The van der Waals surface area contributed by atoms with E-state index in [1.165, 1.54) is 0 Å². The number of hydrogen-bond acceptors (Lipinski definition) is 6. The summed E-state index contributed by atoms with van der Waals surface area (Å²) in [7, 11) is -15.6. The lowest BCUT2D eigenvalue weighted by atomic mass is 10.7. The van der Waals surface area contributed by atoms with Crippen LogP contribution < -0.4 is 3.71 Å². The minimum atomic E-state index is -7.82. The average Bonchev–Trinajstić information content (AvgIpc) is 2.92. The Kier molecular flexibility index (Phi) is 5.69. The van der Waals surface area contributed by atoms with Gasteiger partial charge in [0, 0.05) is 6.54 Å².